The molecule has 0 spiro atoms. The van der Waals surface area contributed by atoms with E-state index in [-0.39, 0.29) is 17.5 Å². The van der Waals surface area contributed by atoms with E-state index in [0.717, 1.165) is 31.5 Å². The van der Waals surface area contributed by atoms with Gasteiger partial charge in [-0.3, -0.25) is 9.58 Å². The number of aryl methyl sites for hydroxylation is 2. The Morgan fingerprint density at radius 3 is 2.56 bits per heavy atom. The van der Waals surface area contributed by atoms with Crippen LogP contribution in [0.4, 0.5) is 0 Å². The molecule has 1 N–H and O–H groups in total. The summed E-state index contributed by atoms with van der Waals surface area (Å²) in [7, 11) is -1.91. The van der Waals surface area contributed by atoms with Crippen LogP contribution in [0.3, 0.4) is 0 Å². The van der Waals surface area contributed by atoms with Crippen molar-refractivity contribution in [1.29, 1.82) is 0 Å². The molecule has 2 aromatic rings. The Hall–Kier alpha value is -1.41. The normalized spacial score (nSPS) is 17.1. The summed E-state index contributed by atoms with van der Waals surface area (Å²) in [5.41, 5.74) is 1.45. The number of hydrogen-bond donors (Lipinski definition) is 1. The first-order valence-electron chi connectivity index (χ1n) is 8.37. The van der Waals surface area contributed by atoms with Crippen LogP contribution in [0.15, 0.2) is 35.4 Å². The molecular weight excluding hydrogens is 360 g/mol. The van der Waals surface area contributed by atoms with Crippen LogP contribution in [0.5, 0.6) is 0 Å². The predicted octanol–water partition coefficient (Wildman–Crippen LogP) is 2.50. The quantitative estimate of drug-likeness (QED) is 0.833. The van der Waals surface area contributed by atoms with Crippen molar-refractivity contribution in [3.05, 3.63) is 46.7 Å². The fourth-order valence-corrected chi connectivity index (χ4v) is 4.86. The van der Waals surface area contributed by atoms with Gasteiger partial charge in [0.1, 0.15) is 4.90 Å². The van der Waals surface area contributed by atoms with Gasteiger partial charge in [-0.05, 0) is 44.5 Å². The number of hydrogen-bond acceptors (Lipinski definition) is 4. The van der Waals surface area contributed by atoms with Gasteiger partial charge in [0.25, 0.3) is 0 Å². The number of benzene rings is 1. The van der Waals surface area contributed by atoms with Crippen LogP contribution in [-0.4, -0.2) is 42.7 Å². The monoisotopic (exact) mass is 382 g/mol. The molecule has 2 heterocycles. The predicted molar refractivity (Wildman–Crippen MR) is 98.1 cm³/mol. The van der Waals surface area contributed by atoms with Gasteiger partial charge in [0.05, 0.1) is 5.69 Å². The zero-order chi connectivity index (χ0) is 18.0. The molecule has 1 atom stereocenters. The van der Waals surface area contributed by atoms with Crippen LogP contribution in [0.2, 0.25) is 5.02 Å². The molecule has 1 saturated heterocycles. The smallest absolute Gasteiger partial charge is 0.244 e. The van der Waals surface area contributed by atoms with E-state index in [2.05, 4.69) is 14.7 Å². The number of aromatic nitrogens is 2. The van der Waals surface area contributed by atoms with Crippen LogP contribution < -0.4 is 4.72 Å². The number of sulfonamides is 1. The lowest BCUT2D eigenvalue weighted by atomic mass is 10.1. The first-order valence-corrected chi connectivity index (χ1v) is 10.2. The number of nitrogens with zero attached hydrogens (tertiary/aromatic N) is 3. The van der Waals surface area contributed by atoms with Crippen molar-refractivity contribution < 1.29 is 8.42 Å². The van der Waals surface area contributed by atoms with Crippen molar-refractivity contribution in [1.82, 2.24) is 19.4 Å². The lowest BCUT2D eigenvalue weighted by molar-refractivity contribution is 0.246. The topological polar surface area (TPSA) is 67.2 Å². The second kappa shape index (κ2) is 7.45. The molecule has 8 heteroatoms. The van der Waals surface area contributed by atoms with Crippen molar-refractivity contribution in [2.24, 2.45) is 7.05 Å². The third-order valence-corrected chi connectivity index (χ3v) is 6.44. The van der Waals surface area contributed by atoms with Gasteiger partial charge in [0, 0.05) is 30.9 Å². The Labute approximate surface area is 153 Å². The van der Waals surface area contributed by atoms with Gasteiger partial charge in [-0.15, -0.1) is 0 Å². The molecule has 6 nitrogen and oxygen atoms in total. The molecule has 25 heavy (non-hydrogen) atoms. The molecule has 1 fully saturated rings. The number of nitrogens with one attached hydrogen (secondary N) is 1. The van der Waals surface area contributed by atoms with E-state index in [9.17, 15) is 8.42 Å². The highest BCUT2D eigenvalue weighted by Gasteiger charge is 2.28. The summed E-state index contributed by atoms with van der Waals surface area (Å²) in [6.45, 7) is 3.87. The van der Waals surface area contributed by atoms with E-state index in [1.165, 1.54) is 10.9 Å². The first-order chi connectivity index (χ1) is 11.9. The average molecular weight is 383 g/mol. The summed E-state index contributed by atoms with van der Waals surface area (Å²) in [4.78, 5) is 2.51. The summed E-state index contributed by atoms with van der Waals surface area (Å²) in [5.74, 6) is 0. The molecule has 0 radical (unpaired) electrons. The fraction of sp³-hybridized carbons (Fsp3) is 0.471. The van der Waals surface area contributed by atoms with Crippen molar-refractivity contribution in [3.8, 4) is 0 Å². The number of halogens is 1. The molecule has 3 rings (SSSR count). The van der Waals surface area contributed by atoms with E-state index >= 15 is 0 Å². The van der Waals surface area contributed by atoms with Crippen LogP contribution in [0.1, 0.15) is 30.1 Å². The first kappa shape index (κ1) is 18.4. The maximum absolute atomic E-state index is 12.7. The SMILES string of the molecule is Cc1nn(C)cc1S(=O)(=O)NC[C@H](c1ccccc1Cl)N1CCCC1. The molecule has 1 aromatic carbocycles. The maximum atomic E-state index is 12.7. The van der Waals surface area contributed by atoms with Gasteiger partial charge in [0.2, 0.25) is 10.0 Å². The minimum Gasteiger partial charge on any atom is -0.295 e. The van der Waals surface area contributed by atoms with Crippen LogP contribution >= 0.6 is 11.6 Å². The second-order valence-corrected chi connectivity index (χ2v) is 8.53. The van der Waals surface area contributed by atoms with E-state index in [1.54, 1.807) is 14.0 Å². The minimum absolute atomic E-state index is 0.0806. The standard InChI is InChI=1S/C17H23ClN4O2S/c1-13-17(12-21(2)20-13)25(23,24)19-11-16(22-9-5-6-10-22)14-7-3-4-8-15(14)18/h3-4,7-8,12,16,19H,5-6,9-11H2,1-2H3/t16-/m1/s1. The van der Waals surface area contributed by atoms with Crippen LogP contribution in [0, 0.1) is 6.92 Å². The Bertz CT molecular complexity index is 844. The molecule has 1 aromatic heterocycles. The van der Waals surface area contributed by atoms with Gasteiger partial charge >= 0.3 is 0 Å². The molecule has 0 unspecified atom stereocenters. The molecule has 0 amide bonds. The summed E-state index contributed by atoms with van der Waals surface area (Å²) < 4.78 is 29.6. The van der Waals surface area contributed by atoms with Crippen molar-refractivity contribution in [2.75, 3.05) is 19.6 Å². The van der Waals surface area contributed by atoms with E-state index < -0.39 is 10.0 Å². The highest BCUT2D eigenvalue weighted by molar-refractivity contribution is 7.89. The largest absolute Gasteiger partial charge is 0.295 e. The van der Waals surface area contributed by atoms with Crippen LogP contribution in [-0.2, 0) is 17.1 Å². The van der Waals surface area contributed by atoms with Crippen LogP contribution in [0.25, 0.3) is 0 Å². The van der Waals surface area contributed by atoms with Crippen molar-refractivity contribution in [2.45, 2.75) is 30.7 Å². The lowest BCUT2D eigenvalue weighted by Gasteiger charge is -2.28. The van der Waals surface area contributed by atoms with Crippen molar-refractivity contribution in [3.63, 3.8) is 0 Å². The molecule has 0 bridgehead atoms. The summed E-state index contributed by atoms with van der Waals surface area (Å²) in [6, 6.07) is 7.55. The Morgan fingerprint density at radius 1 is 1.28 bits per heavy atom. The Balaban J connectivity index is 1.83. The number of likely N-dealkylation sites (tertiary alicyclic amines) is 1. The minimum atomic E-state index is -3.62. The zero-order valence-corrected chi connectivity index (χ0v) is 16.0. The highest BCUT2D eigenvalue weighted by atomic mass is 35.5. The van der Waals surface area contributed by atoms with Crippen molar-refractivity contribution >= 4 is 21.6 Å². The number of rotatable bonds is 6. The highest BCUT2D eigenvalue weighted by Crippen LogP contribution is 2.30. The molecule has 0 saturated carbocycles. The molecule has 136 valence electrons. The summed E-state index contributed by atoms with van der Waals surface area (Å²) in [6.07, 6.45) is 3.77. The zero-order valence-electron chi connectivity index (χ0n) is 14.4. The summed E-state index contributed by atoms with van der Waals surface area (Å²) >= 11 is 6.38. The summed E-state index contributed by atoms with van der Waals surface area (Å²) in [5, 5.41) is 4.78. The fourth-order valence-electron chi connectivity index (χ4n) is 3.34. The van der Waals surface area contributed by atoms with E-state index in [1.807, 2.05) is 24.3 Å². The van der Waals surface area contributed by atoms with Gasteiger partial charge < -0.3 is 0 Å². The van der Waals surface area contributed by atoms with Gasteiger partial charge in [-0.2, -0.15) is 5.10 Å². The lowest BCUT2D eigenvalue weighted by Crippen LogP contribution is -2.37. The molecular formula is C17H23ClN4O2S. The van der Waals surface area contributed by atoms with Gasteiger partial charge in [-0.25, -0.2) is 13.1 Å². The van der Waals surface area contributed by atoms with Gasteiger partial charge in [-0.1, -0.05) is 29.8 Å². The van der Waals surface area contributed by atoms with E-state index in [0.29, 0.717) is 10.7 Å². The Kier molecular flexibility index (Phi) is 5.48. The second-order valence-electron chi connectivity index (χ2n) is 6.38. The Morgan fingerprint density at radius 2 is 1.96 bits per heavy atom. The maximum Gasteiger partial charge on any atom is 0.244 e. The third kappa shape index (κ3) is 4.06. The van der Waals surface area contributed by atoms with E-state index in [4.69, 9.17) is 11.6 Å². The molecule has 0 aliphatic carbocycles. The average Bonchev–Trinajstić information content (AvgIpc) is 3.19. The molecule has 1 aliphatic rings. The van der Waals surface area contributed by atoms with Gasteiger partial charge in [0.15, 0.2) is 0 Å². The molecule has 1 aliphatic heterocycles. The third-order valence-electron chi connectivity index (χ3n) is 4.57.